The zero-order valence-electron chi connectivity index (χ0n) is 7.23. The van der Waals surface area contributed by atoms with Gasteiger partial charge in [0.15, 0.2) is 0 Å². The number of aromatic amines is 1. The van der Waals surface area contributed by atoms with Gasteiger partial charge in [0.25, 0.3) is 5.56 Å². The summed E-state index contributed by atoms with van der Waals surface area (Å²) in [7, 11) is 0. The predicted octanol–water partition coefficient (Wildman–Crippen LogP) is 0.226. The van der Waals surface area contributed by atoms with E-state index in [0.29, 0.717) is 0 Å². The lowest BCUT2D eigenvalue weighted by atomic mass is 10.4. The highest BCUT2D eigenvalue weighted by Crippen LogP contribution is 2.45. The van der Waals surface area contributed by atoms with Crippen LogP contribution >= 0.6 is 0 Å². The standard InChI is InChI=1S/C9H11N3O/c13-8-1-2-10-9(11-8)12-4-6-3-7(6)5-12/h1-2,6-7H,3-5H2,(H,10,11,13). The van der Waals surface area contributed by atoms with E-state index in [4.69, 9.17) is 0 Å². The van der Waals surface area contributed by atoms with E-state index >= 15 is 0 Å². The summed E-state index contributed by atoms with van der Waals surface area (Å²) in [4.78, 5) is 20.1. The van der Waals surface area contributed by atoms with Gasteiger partial charge in [-0.05, 0) is 18.3 Å². The minimum atomic E-state index is -0.0643. The van der Waals surface area contributed by atoms with Crippen molar-refractivity contribution in [2.75, 3.05) is 18.0 Å². The van der Waals surface area contributed by atoms with Gasteiger partial charge in [-0.25, -0.2) is 4.98 Å². The van der Waals surface area contributed by atoms with E-state index in [1.807, 2.05) is 0 Å². The molecule has 0 aromatic carbocycles. The van der Waals surface area contributed by atoms with Gasteiger partial charge in [0.1, 0.15) is 0 Å². The third kappa shape index (κ3) is 1.13. The van der Waals surface area contributed by atoms with Crippen molar-refractivity contribution in [2.45, 2.75) is 6.42 Å². The summed E-state index contributed by atoms with van der Waals surface area (Å²) < 4.78 is 0. The maximum atomic E-state index is 11.0. The highest BCUT2D eigenvalue weighted by atomic mass is 16.1. The quantitative estimate of drug-likeness (QED) is 0.667. The van der Waals surface area contributed by atoms with Gasteiger partial charge in [0.05, 0.1) is 0 Å². The first-order valence-electron chi connectivity index (χ1n) is 4.63. The fraction of sp³-hybridized carbons (Fsp3) is 0.556. The van der Waals surface area contributed by atoms with Crippen LogP contribution in [-0.2, 0) is 0 Å². The summed E-state index contributed by atoms with van der Waals surface area (Å²) in [5.41, 5.74) is -0.0643. The molecule has 0 spiro atoms. The summed E-state index contributed by atoms with van der Waals surface area (Å²) in [6.45, 7) is 2.13. The molecule has 13 heavy (non-hydrogen) atoms. The summed E-state index contributed by atoms with van der Waals surface area (Å²) >= 11 is 0. The van der Waals surface area contributed by atoms with Crippen LogP contribution < -0.4 is 10.5 Å². The smallest absolute Gasteiger partial charge is 0.252 e. The molecule has 2 atom stereocenters. The lowest BCUT2D eigenvalue weighted by Crippen LogP contribution is -2.26. The second kappa shape index (κ2) is 2.34. The Balaban J connectivity index is 1.88. The van der Waals surface area contributed by atoms with Gasteiger partial charge >= 0.3 is 0 Å². The van der Waals surface area contributed by atoms with E-state index in [1.54, 1.807) is 6.20 Å². The van der Waals surface area contributed by atoms with Crippen molar-refractivity contribution in [3.8, 4) is 0 Å². The van der Waals surface area contributed by atoms with Crippen molar-refractivity contribution >= 4 is 5.95 Å². The van der Waals surface area contributed by atoms with Crippen LogP contribution in [0.3, 0.4) is 0 Å². The van der Waals surface area contributed by atoms with Crippen LogP contribution in [0.5, 0.6) is 0 Å². The van der Waals surface area contributed by atoms with Gasteiger partial charge in [0, 0.05) is 25.4 Å². The molecule has 1 N–H and O–H groups in total. The Bertz CT molecular complexity index is 376. The number of nitrogens with one attached hydrogen (secondary N) is 1. The monoisotopic (exact) mass is 177 g/mol. The summed E-state index contributed by atoms with van der Waals surface area (Å²) in [5.74, 6) is 2.47. The molecule has 1 aliphatic carbocycles. The number of hydrogen-bond donors (Lipinski definition) is 1. The third-order valence-corrected chi connectivity index (χ3v) is 2.94. The average Bonchev–Trinajstić information content (AvgIpc) is 2.74. The van der Waals surface area contributed by atoms with Crippen molar-refractivity contribution in [2.24, 2.45) is 11.8 Å². The Hall–Kier alpha value is -1.32. The predicted molar refractivity (Wildman–Crippen MR) is 48.7 cm³/mol. The van der Waals surface area contributed by atoms with Crippen molar-refractivity contribution < 1.29 is 0 Å². The van der Waals surface area contributed by atoms with E-state index in [1.165, 1.54) is 12.5 Å². The first kappa shape index (κ1) is 7.12. The number of nitrogens with zero attached hydrogens (tertiary/aromatic N) is 2. The molecule has 68 valence electrons. The normalized spacial score (nSPS) is 30.3. The molecule has 2 aliphatic rings. The molecule has 0 bridgehead atoms. The van der Waals surface area contributed by atoms with E-state index in [2.05, 4.69) is 14.9 Å². The van der Waals surface area contributed by atoms with E-state index in [0.717, 1.165) is 30.9 Å². The van der Waals surface area contributed by atoms with Gasteiger partial charge in [-0.1, -0.05) is 0 Å². The van der Waals surface area contributed by atoms with Gasteiger partial charge in [-0.15, -0.1) is 0 Å². The molecule has 0 amide bonds. The number of aromatic nitrogens is 2. The average molecular weight is 177 g/mol. The molecular weight excluding hydrogens is 166 g/mol. The fourth-order valence-corrected chi connectivity index (χ4v) is 2.09. The molecule has 2 heterocycles. The number of fused-ring (bicyclic) bond motifs is 1. The number of rotatable bonds is 1. The molecule has 2 fully saturated rings. The van der Waals surface area contributed by atoms with Crippen LogP contribution in [-0.4, -0.2) is 23.1 Å². The number of H-pyrrole nitrogens is 1. The summed E-state index contributed by atoms with van der Waals surface area (Å²) in [6.07, 6.45) is 2.94. The maximum Gasteiger partial charge on any atom is 0.252 e. The van der Waals surface area contributed by atoms with Crippen LogP contribution in [0.15, 0.2) is 17.1 Å². The topological polar surface area (TPSA) is 49.0 Å². The van der Waals surface area contributed by atoms with Gasteiger partial charge in [-0.2, -0.15) is 0 Å². The first-order valence-corrected chi connectivity index (χ1v) is 4.63. The van der Waals surface area contributed by atoms with Crippen LogP contribution in [0.2, 0.25) is 0 Å². The summed E-state index contributed by atoms with van der Waals surface area (Å²) in [5, 5.41) is 0. The maximum absolute atomic E-state index is 11.0. The number of piperidine rings is 1. The fourth-order valence-electron chi connectivity index (χ4n) is 2.09. The second-order valence-corrected chi connectivity index (χ2v) is 3.92. The second-order valence-electron chi connectivity index (χ2n) is 3.92. The van der Waals surface area contributed by atoms with Crippen LogP contribution in [0.4, 0.5) is 5.95 Å². The molecule has 1 saturated carbocycles. The summed E-state index contributed by atoms with van der Waals surface area (Å²) in [6, 6.07) is 1.44. The van der Waals surface area contributed by atoms with Crippen LogP contribution in [0.25, 0.3) is 0 Å². The Morgan fingerprint density at radius 1 is 1.46 bits per heavy atom. The van der Waals surface area contributed by atoms with Gasteiger partial charge in [-0.3, -0.25) is 9.78 Å². The van der Waals surface area contributed by atoms with E-state index < -0.39 is 0 Å². The Labute approximate surface area is 75.6 Å². The molecule has 0 radical (unpaired) electrons. The zero-order chi connectivity index (χ0) is 8.84. The highest BCUT2D eigenvalue weighted by Gasteiger charge is 2.45. The molecule has 2 unspecified atom stereocenters. The third-order valence-electron chi connectivity index (χ3n) is 2.94. The molecule has 1 aliphatic heterocycles. The van der Waals surface area contributed by atoms with Crippen molar-refractivity contribution in [1.82, 2.24) is 9.97 Å². The minimum absolute atomic E-state index is 0.0643. The Morgan fingerprint density at radius 3 is 2.92 bits per heavy atom. The largest absolute Gasteiger partial charge is 0.342 e. The lowest BCUT2D eigenvalue weighted by Gasteiger charge is -2.17. The lowest BCUT2D eigenvalue weighted by molar-refractivity contribution is 0.784. The van der Waals surface area contributed by atoms with Crippen LogP contribution in [0.1, 0.15) is 6.42 Å². The molecule has 4 nitrogen and oxygen atoms in total. The van der Waals surface area contributed by atoms with Crippen LogP contribution in [0, 0.1) is 11.8 Å². The molecule has 1 aromatic heterocycles. The molecule has 3 rings (SSSR count). The number of anilines is 1. The SMILES string of the molecule is O=c1ccnc(N2CC3CC3C2)[nH]1. The molecule has 4 heteroatoms. The Kier molecular flexibility index (Phi) is 1.28. The van der Waals surface area contributed by atoms with Crippen molar-refractivity contribution in [1.29, 1.82) is 0 Å². The Morgan fingerprint density at radius 2 is 2.23 bits per heavy atom. The van der Waals surface area contributed by atoms with E-state index in [-0.39, 0.29) is 5.56 Å². The molecule has 1 aromatic rings. The first-order chi connectivity index (χ1) is 6.33. The minimum Gasteiger partial charge on any atom is -0.342 e. The van der Waals surface area contributed by atoms with E-state index in [9.17, 15) is 4.79 Å². The number of hydrogen-bond acceptors (Lipinski definition) is 3. The molecular formula is C9H11N3O. The van der Waals surface area contributed by atoms with Crippen molar-refractivity contribution in [3.05, 3.63) is 22.6 Å². The zero-order valence-corrected chi connectivity index (χ0v) is 7.23. The molecule has 1 saturated heterocycles. The highest BCUT2D eigenvalue weighted by molar-refractivity contribution is 5.33. The van der Waals surface area contributed by atoms with Gasteiger partial charge < -0.3 is 4.90 Å². The van der Waals surface area contributed by atoms with Gasteiger partial charge in [0.2, 0.25) is 5.95 Å². The van der Waals surface area contributed by atoms with Crippen molar-refractivity contribution in [3.63, 3.8) is 0 Å².